The first-order chi connectivity index (χ1) is 10.3. The number of rotatable bonds is 1. The van der Waals surface area contributed by atoms with E-state index in [2.05, 4.69) is 28.1 Å². The van der Waals surface area contributed by atoms with Crippen LogP contribution in [0.5, 0.6) is 0 Å². The molecule has 110 valence electrons. The van der Waals surface area contributed by atoms with Crippen molar-refractivity contribution in [2.24, 2.45) is 5.41 Å². The second-order valence-corrected chi connectivity index (χ2v) is 6.76. The molecule has 2 aromatic rings. The largest absolute Gasteiger partial charge is 0.396 e. The average Bonchev–Trinajstić information content (AvgIpc) is 2.98. The SMILES string of the molecule is Nc1c(N2CCC3(CCCC3)CC2)ccc2ncccc12. The molecule has 3 nitrogen and oxygen atoms in total. The lowest BCUT2D eigenvalue weighted by atomic mass is 9.77. The highest BCUT2D eigenvalue weighted by Gasteiger charge is 2.37. The van der Waals surface area contributed by atoms with Crippen molar-refractivity contribution in [2.75, 3.05) is 23.7 Å². The van der Waals surface area contributed by atoms with Gasteiger partial charge in [-0.05, 0) is 55.4 Å². The smallest absolute Gasteiger partial charge is 0.0724 e. The first-order valence-corrected chi connectivity index (χ1v) is 8.16. The zero-order chi connectivity index (χ0) is 14.3. The van der Waals surface area contributed by atoms with Crippen LogP contribution in [0.3, 0.4) is 0 Å². The monoisotopic (exact) mass is 281 g/mol. The Morgan fingerprint density at radius 2 is 1.76 bits per heavy atom. The number of aromatic nitrogens is 1. The molecule has 1 spiro atoms. The fourth-order valence-corrected chi connectivity index (χ4v) is 4.29. The Morgan fingerprint density at radius 3 is 2.52 bits per heavy atom. The maximum absolute atomic E-state index is 6.41. The summed E-state index contributed by atoms with van der Waals surface area (Å²) in [5.74, 6) is 0. The van der Waals surface area contributed by atoms with E-state index >= 15 is 0 Å². The van der Waals surface area contributed by atoms with Gasteiger partial charge in [0.1, 0.15) is 0 Å². The van der Waals surface area contributed by atoms with E-state index < -0.39 is 0 Å². The van der Waals surface area contributed by atoms with Gasteiger partial charge in [0.25, 0.3) is 0 Å². The Balaban J connectivity index is 1.61. The zero-order valence-electron chi connectivity index (χ0n) is 12.5. The minimum absolute atomic E-state index is 0.656. The molecule has 0 amide bonds. The van der Waals surface area contributed by atoms with E-state index in [9.17, 15) is 0 Å². The summed E-state index contributed by atoms with van der Waals surface area (Å²) in [5.41, 5.74) is 10.1. The highest BCUT2D eigenvalue weighted by Crippen LogP contribution is 2.47. The van der Waals surface area contributed by atoms with E-state index in [0.29, 0.717) is 5.41 Å². The van der Waals surface area contributed by atoms with Crippen molar-refractivity contribution >= 4 is 22.3 Å². The quantitative estimate of drug-likeness (QED) is 0.804. The third-order valence-corrected chi connectivity index (χ3v) is 5.63. The Hall–Kier alpha value is -1.77. The van der Waals surface area contributed by atoms with Crippen molar-refractivity contribution in [3.8, 4) is 0 Å². The van der Waals surface area contributed by atoms with Crippen molar-refractivity contribution in [1.29, 1.82) is 0 Å². The van der Waals surface area contributed by atoms with Crippen LogP contribution in [0, 0.1) is 5.41 Å². The van der Waals surface area contributed by atoms with E-state index in [-0.39, 0.29) is 0 Å². The van der Waals surface area contributed by atoms with Crippen LogP contribution < -0.4 is 10.6 Å². The first kappa shape index (κ1) is 12.9. The van der Waals surface area contributed by atoms with E-state index in [1.807, 2.05) is 12.3 Å². The minimum atomic E-state index is 0.656. The van der Waals surface area contributed by atoms with Crippen LogP contribution in [0.25, 0.3) is 10.9 Å². The molecule has 1 aromatic heterocycles. The van der Waals surface area contributed by atoms with Gasteiger partial charge >= 0.3 is 0 Å². The van der Waals surface area contributed by atoms with E-state index in [1.165, 1.54) is 44.2 Å². The lowest BCUT2D eigenvalue weighted by molar-refractivity contribution is 0.226. The molecule has 4 rings (SSSR count). The summed E-state index contributed by atoms with van der Waals surface area (Å²) in [6.45, 7) is 2.30. The van der Waals surface area contributed by atoms with Crippen LogP contribution in [0.1, 0.15) is 38.5 Å². The molecule has 0 unspecified atom stereocenters. The van der Waals surface area contributed by atoms with Crippen LogP contribution in [-0.2, 0) is 0 Å². The van der Waals surface area contributed by atoms with Crippen molar-refractivity contribution < 1.29 is 0 Å². The second kappa shape index (κ2) is 4.90. The third-order valence-electron chi connectivity index (χ3n) is 5.63. The lowest BCUT2D eigenvalue weighted by Crippen LogP contribution is -2.39. The predicted molar refractivity (Wildman–Crippen MR) is 88.5 cm³/mol. The number of pyridine rings is 1. The number of fused-ring (bicyclic) bond motifs is 1. The molecule has 1 aliphatic heterocycles. The Kier molecular flexibility index (Phi) is 3.02. The van der Waals surface area contributed by atoms with Gasteiger partial charge in [-0.1, -0.05) is 12.8 Å². The van der Waals surface area contributed by atoms with E-state index in [0.717, 1.165) is 29.7 Å². The van der Waals surface area contributed by atoms with Gasteiger partial charge in [0.05, 0.1) is 16.9 Å². The Labute approximate surface area is 126 Å². The van der Waals surface area contributed by atoms with Gasteiger partial charge < -0.3 is 10.6 Å². The number of piperidine rings is 1. The molecule has 1 aromatic carbocycles. The predicted octanol–water partition coefficient (Wildman–Crippen LogP) is 3.98. The third kappa shape index (κ3) is 2.15. The maximum Gasteiger partial charge on any atom is 0.0724 e. The van der Waals surface area contributed by atoms with Crippen molar-refractivity contribution in [3.05, 3.63) is 30.5 Å². The average molecular weight is 281 g/mol. The molecule has 0 bridgehead atoms. The van der Waals surface area contributed by atoms with Gasteiger partial charge in [-0.3, -0.25) is 4.98 Å². The van der Waals surface area contributed by atoms with Crippen LogP contribution >= 0.6 is 0 Å². The molecule has 2 heterocycles. The summed E-state index contributed by atoms with van der Waals surface area (Å²) in [6, 6.07) is 8.29. The molecule has 1 saturated heterocycles. The summed E-state index contributed by atoms with van der Waals surface area (Å²) in [7, 11) is 0. The molecular weight excluding hydrogens is 258 g/mol. The fourth-order valence-electron chi connectivity index (χ4n) is 4.29. The number of anilines is 2. The molecule has 2 fully saturated rings. The Bertz CT molecular complexity index is 649. The molecule has 0 radical (unpaired) electrons. The summed E-state index contributed by atoms with van der Waals surface area (Å²) in [4.78, 5) is 6.87. The number of hydrogen-bond acceptors (Lipinski definition) is 3. The van der Waals surface area contributed by atoms with Crippen LogP contribution in [0.4, 0.5) is 11.4 Å². The standard InChI is InChI=1S/C18H23N3/c19-17-14-4-3-11-20-15(14)5-6-16(17)21-12-9-18(10-13-21)7-1-2-8-18/h3-6,11H,1-2,7-10,12-13,19H2. The first-order valence-electron chi connectivity index (χ1n) is 8.16. The molecule has 0 atom stereocenters. The van der Waals surface area contributed by atoms with Gasteiger partial charge in [-0.2, -0.15) is 0 Å². The second-order valence-electron chi connectivity index (χ2n) is 6.76. The topological polar surface area (TPSA) is 42.1 Å². The van der Waals surface area contributed by atoms with Gasteiger partial charge in [0.15, 0.2) is 0 Å². The normalized spacial score (nSPS) is 21.2. The maximum atomic E-state index is 6.41. The Morgan fingerprint density at radius 1 is 1.00 bits per heavy atom. The van der Waals surface area contributed by atoms with E-state index in [4.69, 9.17) is 5.73 Å². The molecule has 21 heavy (non-hydrogen) atoms. The molecule has 2 aliphatic rings. The highest BCUT2D eigenvalue weighted by atomic mass is 15.1. The van der Waals surface area contributed by atoms with E-state index in [1.54, 1.807) is 0 Å². The number of nitrogens with two attached hydrogens (primary N) is 1. The number of hydrogen-bond donors (Lipinski definition) is 1. The van der Waals surface area contributed by atoms with Crippen LogP contribution in [0.15, 0.2) is 30.5 Å². The summed E-state index contributed by atoms with van der Waals surface area (Å²) >= 11 is 0. The van der Waals surface area contributed by atoms with Crippen molar-refractivity contribution in [2.45, 2.75) is 38.5 Å². The fraction of sp³-hybridized carbons (Fsp3) is 0.500. The molecule has 1 aliphatic carbocycles. The molecule has 2 N–H and O–H groups in total. The van der Waals surface area contributed by atoms with Crippen molar-refractivity contribution in [3.63, 3.8) is 0 Å². The summed E-state index contributed by atoms with van der Waals surface area (Å²) in [6.07, 6.45) is 10.2. The summed E-state index contributed by atoms with van der Waals surface area (Å²) in [5, 5.41) is 1.08. The minimum Gasteiger partial charge on any atom is -0.396 e. The van der Waals surface area contributed by atoms with Gasteiger partial charge in [-0.15, -0.1) is 0 Å². The summed E-state index contributed by atoms with van der Waals surface area (Å²) < 4.78 is 0. The number of benzene rings is 1. The molecular formula is C18H23N3. The van der Waals surface area contributed by atoms with Gasteiger partial charge in [-0.25, -0.2) is 0 Å². The van der Waals surface area contributed by atoms with Gasteiger partial charge in [0, 0.05) is 24.7 Å². The van der Waals surface area contributed by atoms with Crippen molar-refractivity contribution in [1.82, 2.24) is 4.98 Å². The lowest BCUT2D eigenvalue weighted by Gasteiger charge is -2.41. The molecule has 3 heteroatoms. The number of nitrogens with zero attached hydrogens (tertiary/aromatic N) is 2. The zero-order valence-corrected chi connectivity index (χ0v) is 12.5. The van der Waals surface area contributed by atoms with Crippen LogP contribution in [0.2, 0.25) is 0 Å². The molecule has 1 saturated carbocycles. The highest BCUT2D eigenvalue weighted by molar-refractivity contribution is 5.97. The van der Waals surface area contributed by atoms with Crippen LogP contribution in [-0.4, -0.2) is 18.1 Å². The number of nitrogen functional groups attached to an aromatic ring is 1. The van der Waals surface area contributed by atoms with Gasteiger partial charge in [0.2, 0.25) is 0 Å².